The van der Waals surface area contributed by atoms with Crippen molar-refractivity contribution in [1.82, 2.24) is 4.90 Å². The molecule has 0 aromatic heterocycles. The summed E-state index contributed by atoms with van der Waals surface area (Å²) in [5.41, 5.74) is -0.744. The van der Waals surface area contributed by atoms with Gasteiger partial charge in [0, 0.05) is 20.2 Å². The number of piperidine rings is 1. The van der Waals surface area contributed by atoms with Crippen molar-refractivity contribution in [2.75, 3.05) is 20.2 Å². The van der Waals surface area contributed by atoms with Crippen LogP contribution in [0.15, 0.2) is 0 Å². The van der Waals surface area contributed by atoms with Gasteiger partial charge in [-0.15, -0.1) is 0 Å². The highest BCUT2D eigenvalue weighted by molar-refractivity contribution is 5.84. The predicted octanol–water partition coefficient (Wildman–Crippen LogP) is 1.91. The number of hydrogen-bond donors (Lipinski definition) is 0. The van der Waals surface area contributed by atoms with Crippen LogP contribution in [0.4, 0.5) is 17.6 Å². The number of likely N-dealkylation sites (tertiary alicyclic amines) is 1. The number of halogens is 4. The molecule has 1 unspecified atom stereocenters. The van der Waals surface area contributed by atoms with Crippen LogP contribution in [0.2, 0.25) is 0 Å². The molecule has 1 aliphatic heterocycles. The molecule has 1 atom stereocenters. The molecule has 1 saturated heterocycles. The summed E-state index contributed by atoms with van der Waals surface area (Å²) in [6.45, 7) is 1.62. The minimum absolute atomic E-state index is 0.0556. The highest BCUT2D eigenvalue weighted by atomic mass is 19.3. The number of nitrogens with zero attached hydrogens (tertiary/aromatic N) is 1. The Kier molecular flexibility index (Phi) is 4.01. The van der Waals surface area contributed by atoms with Gasteiger partial charge in [-0.3, -0.25) is 4.79 Å². The SMILES string of the molecule is COC1(C)CCCN(C(=O)C(F)(F)C(F)F)C1. The normalized spacial score (nSPS) is 26.4. The molecule has 1 aliphatic rings. The van der Waals surface area contributed by atoms with Crippen LogP contribution in [-0.2, 0) is 9.53 Å². The van der Waals surface area contributed by atoms with E-state index >= 15 is 0 Å². The van der Waals surface area contributed by atoms with Crippen LogP contribution >= 0.6 is 0 Å². The van der Waals surface area contributed by atoms with E-state index in [9.17, 15) is 22.4 Å². The summed E-state index contributed by atoms with van der Waals surface area (Å²) in [7, 11) is 1.40. The first kappa shape index (κ1) is 14.2. The molecule has 0 spiro atoms. The fraction of sp³-hybridized carbons (Fsp3) is 0.900. The van der Waals surface area contributed by atoms with Crippen LogP contribution in [0.5, 0.6) is 0 Å². The summed E-state index contributed by atoms with van der Waals surface area (Å²) in [5.74, 6) is -6.44. The molecule has 0 bridgehead atoms. The molecule has 17 heavy (non-hydrogen) atoms. The molecule has 1 fully saturated rings. The smallest absolute Gasteiger partial charge is 0.377 e. The summed E-state index contributed by atoms with van der Waals surface area (Å²) in [6, 6.07) is 0. The maximum atomic E-state index is 12.9. The molecular formula is C10H15F4NO2. The van der Waals surface area contributed by atoms with Crippen LogP contribution in [0.3, 0.4) is 0 Å². The summed E-state index contributed by atoms with van der Waals surface area (Å²) in [5, 5.41) is 0. The zero-order valence-electron chi connectivity index (χ0n) is 9.68. The van der Waals surface area contributed by atoms with Crippen LogP contribution in [0.25, 0.3) is 0 Å². The first-order valence-corrected chi connectivity index (χ1v) is 5.23. The lowest BCUT2D eigenvalue weighted by molar-refractivity contribution is -0.186. The molecule has 0 aliphatic carbocycles. The molecule has 0 saturated carbocycles. The maximum absolute atomic E-state index is 12.9. The quantitative estimate of drug-likeness (QED) is 0.723. The highest BCUT2D eigenvalue weighted by Gasteiger charge is 2.52. The van der Waals surface area contributed by atoms with Crippen LogP contribution < -0.4 is 0 Å². The van der Waals surface area contributed by atoms with Crippen molar-refractivity contribution in [3.05, 3.63) is 0 Å². The minimum atomic E-state index is -4.62. The summed E-state index contributed by atoms with van der Waals surface area (Å²) >= 11 is 0. The van der Waals surface area contributed by atoms with Crippen LogP contribution in [0.1, 0.15) is 19.8 Å². The number of hydrogen-bond acceptors (Lipinski definition) is 2. The van der Waals surface area contributed by atoms with E-state index in [0.717, 1.165) is 4.90 Å². The summed E-state index contributed by atoms with van der Waals surface area (Å²) in [6.07, 6.45) is -2.92. The number of ether oxygens (including phenoxy) is 1. The van der Waals surface area contributed by atoms with E-state index in [-0.39, 0.29) is 13.1 Å². The van der Waals surface area contributed by atoms with Gasteiger partial charge in [0.2, 0.25) is 0 Å². The Balaban J connectivity index is 2.77. The van der Waals surface area contributed by atoms with Gasteiger partial charge in [0.05, 0.1) is 5.60 Å². The van der Waals surface area contributed by atoms with Gasteiger partial charge < -0.3 is 9.64 Å². The van der Waals surface area contributed by atoms with E-state index in [1.807, 2.05) is 0 Å². The van der Waals surface area contributed by atoms with Crippen LogP contribution in [-0.4, -0.2) is 49.0 Å². The zero-order valence-corrected chi connectivity index (χ0v) is 9.68. The van der Waals surface area contributed by atoms with E-state index in [1.54, 1.807) is 6.92 Å². The van der Waals surface area contributed by atoms with Gasteiger partial charge in [-0.05, 0) is 19.8 Å². The number of methoxy groups -OCH3 is 1. The van der Waals surface area contributed by atoms with Gasteiger partial charge in [-0.1, -0.05) is 0 Å². The molecule has 3 nitrogen and oxygen atoms in total. The molecule has 0 radical (unpaired) electrons. The Bertz CT molecular complexity index is 298. The van der Waals surface area contributed by atoms with Crippen molar-refractivity contribution in [2.45, 2.75) is 37.7 Å². The molecule has 1 heterocycles. The lowest BCUT2D eigenvalue weighted by Crippen LogP contribution is -2.55. The fourth-order valence-electron chi connectivity index (χ4n) is 1.85. The number of alkyl halides is 4. The van der Waals surface area contributed by atoms with E-state index < -0.39 is 23.9 Å². The first-order valence-electron chi connectivity index (χ1n) is 5.23. The molecular weight excluding hydrogens is 242 g/mol. The monoisotopic (exact) mass is 257 g/mol. The first-order chi connectivity index (χ1) is 7.73. The highest BCUT2D eigenvalue weighted by Crippen LogP contribution is 2.30. The summed E-state index contributed by atoms with van der Waals surface area (Å²) in [4.78, 5) is 12.1. The molecule has 7 heteroatoms. The van der Waals surface area contributed by atoms with Crippen molar-refractivity contribution >= 4 is 5.91 Å². The number of carbonyl (C=O) groups is 1. The van der Waals surface area contributed by atoms with E-state index in [1.165, 1.54) is 7.11 Å². The topological polar surface area (TPSA) is 29.5 Å². The molecule has 0 N–H and O–H groups in total. The number of rotatable bonds is 3. The minimum Gasteiger partial charge on any atom is -0.377 e. The number of carbonyl (C=O) groups excluding carboxylic acids is 1. The van der Waals surface area contributed by atoms with Crippen molar-refractivity contribution in [3.63, 3.8) is 0 Å². The lowest BCUT2D eigenvalue weighted by atomic mass is 9.94. The van der Waals surface area contributed by atoms with Crippen molar-refractivity contribution in [3.8, 4) is 0 Å². The third-order valence-corrected chi connectivity index (χ3v) is 3.00. The van der Waals surface area contributed by atoms with Gasteiger partial charge in [-0.2, -0.15) is 8.78 Å². The zero-order chi connectivity index (χ0) is 13.3. The van der Waals surface area contributed by atoms with E-state index in [0.29, 0.717) is 12.8 Å². The third kappa shape index (κ3) is 2.88. The standard InChI is InChI=1S/C10H15F4NO2/c1-9(17-2)4-3-5-15(6-9)8(16)10(13,14)7(11)12/h7H,3-6H2,1-2H3. The van der Waals surface area contributed by atoms with E-state index in [2.05, 4.69) is 0 Å². The van der Waals surface area contributed by atoms with Gasteiger partial charge >= 0.3 is 12.3 Å². The Morgan fingerprint density at radius 3 is 2.53 bits per heavy atom. The molecule has 100 valence electrons. The molecule has 1 rings (SSSR count). The van der Waals surface area contributed by atoms with Gasteiger partial charge in [0.15, 0.2) is 0 Å². The molecule has 0 aromatic carbocycles. The second-order valence-corrected chi connectivity index (χ2v) is 4.41. The van der Waals surface area contributed by atoms with Crippen molar-refractivity contribution < 1.29 is 27.1 Å². The average molecular weight is 257 g/mol. The van der Waals surface area contributed by atoms with Crippen molar-refractivity contribution in [1.29, 1.82) is 0 Å². The maximum Gasteiger partial charge on any atom is 0.383 e. The molecule has 0 aromatic rings. The van der Waals surface area contributed by atoms with Crippen molar-refractivity contribution in [2.24, 2.45) is 0 Å². The Morgan fingerprint density at radius 2 is 2.06 bits per heavy atom. The van der Waals surface area contributed by atoms with Gasteiger partial charge in [0.25, 0.3) is 5.91 Å². The third-order valence-electron chi connectivity index (χ3n) is 3.00. The summed E-state index contributed by atoms with van der Waals surface area (Å²) < 4.78 is 55.0. The molecule has 1 amide bonds. The average Bonchev–Trinajstić information content (AvgIpc) is 2.28. The largest absolute Gasteiger partial charge is 0.383 e. The Morgan fingerprint density at radius 1 is 1.47 bits per heavy atom. The van der Waals surface area contributed by atoms with Gasteiger partial charge in [0.1, 0.15) is 0 Å². The van der Waals surface area contributed by atoms with E-state index in [4.69, 9.17) is 4.74 Å². The second kappa shape index (κ2) is 4.80. The van der Waals surface area contributed by atoms with Gasteiger partial charge in [-0.25, -0.2) is 8.78 Å². The number of amides is 1. The fourth-order valence-corrected chi connectivity index (χ4v) is 1.85. The Labute approximate surface area is 96.7 Å². The Hall–Kier alpha value is -0.850. The predicted molar refractivity (Wildman–Crippen MR) is 52.2 cm³/mol. The lowest BCUT2D eigenvalue weighted by Gasteiger charge is -2.40. The van der Waals surface area contributed by atoms with Crippen LogP contribution in [0, 0.1) is 0 Å². The second-order valence-electron chi connectivity index (χ2n) is 4.41.